The molecule has 1 unspecified atom stereocenters. The average molecular weight is 249 g/mol. The molecule has 0 spiro atoms. The Morgan fingerprint density at radius 2 is 2.20 bits per heavy atom. The van der Waals surface area contributed by atoms with Crippen molar-refractivity contribution in [2.45, 2.75) is 25.7 Å². The van der Waals surface area contributed by atoms with Crippen LogP contribution in [0.5, 0.6) is 0 Å². The predicted octanol–water partition coefficient (Wildman–Crippen LogP) is 2.70. The third-order valence-electron chi connectivity index (χ3n) is 2.69. The molecule has 1 N–H and O–H groups in total. The monoisotopic (exact) mass is 248 g/mol. The van der Waals surface area contributed by atoms with Crippen molar-refractivity contribution < 1.29 is 0 Å². The molecule has 86 valence electrons. The summed E-state index contributed by atoms with van der Waals surface area (Å²) < 4.78 is 0. The molecule has 1 aromatic rings. The quantitative estimate of drug-likeness (QED) is 0.827. The van der Waals surface area contributed by atoms with Crippen LogP contribution in [0.4, 0.5) is 0 Å². The number of halogens is 2. The van der Waals surface area contributed by atoms with Crippen LogP contribution in [0.15, 0.2) is 18.3 Å². The summed E-state index contributed by atoms with van der Waals surface area (Å²) in [4.78, 5) is 4.21. The SMILES string of the molecule is Cc1cc(C2CCCNC2)ccn1.Cl.Cl. The Kier molecular flexibility index (Phi) is 6.90. The van der Waals surface area contributed by atoms with Crippen molar-refractivity contribution in [3.63, 3.8) is 0 Å². The van der Waals surface area contributed by atoms with E-state index in [2.05, 4.69) is 29.4 Å². The van der Waals surface area contributed by atoms with Crippen molar-refractivity contribution in [3.05, 3.63) is 29.6 Å². The van der Waals surface area contributed by atoms with Crippen LogP contribution in [0.25, 0.3) is 0 Å². The molecule has 4 heteroatoms. The highest BCUT2D eigenvalue weighted by Crippen LogP contribution is 2.22. The second-order valence-corrected chi connectivity index (χ2v) is 3.77. The Morgan fingerprint density at radius 1 is 1.40 bits per heavy atom. The minimum absolute atomic E-state index is 0. The van der Waals surface area contributed by atoms with Crippen molar-refractivity contribution in [3.8, 4) is 0 Å². The van der Waals surface area contributed by atoms with Crippen molar-refractivity contribution >= 4 is 24.8 Å². The number of piperidine rings is 1. The highest BCUT2D eigenvalue weighted by molar-refractivity contribution is 5.85. The zero-order valence-corrected chi connectivity index (χ0v) is 10.5. The van der Waals surface area contributed by atoms with Gasteiger partial charge in [0.05, 0.1) is 0 Å². The van der Waals surface area contributed by atoms with Gasteiger partial charge in [0.25, 0.3) is 0 Å². The number of rotatable bonds is 1. The Hall–Kier alpha value is -0.310. The van der Waals surface area contributed by atoms with E-state index in [-0.39, 0.29) is 24.8 Å². The smallest absolute Gasteiger partial charge is 0.0375 e. The maximum Gasteiger partial charge on any atom is 0.0375 e. The zero-order valence-electron chi connectivity index (χ0n) is 8.90. The number of aromatic nitrogens is 1. The summed E-state index contributed by atoms with van der Waals surface area (Å²) in [5, 5.41) is 3.43. The molecule has 0 bridgehead atoms. The summed E-state index contributed by atoms with van der Waals surface area (Å²) in [6, 6.07) is 4.35. The summed E-state index contributed by atoms with van der Waals surface area (Å²) in [5.41, 5.74) is 2.57. The molecule has 2 heterocycles. The normalized spacial score (nSPS) is 19.9. The van der Waals surface area contributed by atoms with Gasteiger partial charge in [-0.3, -0.25) is 4.98 Å². The Labute approximate surface area is 104 Å². The van der Waals surface area contributed by atoms with Crippen LogP contribution in [0.2, 0.25) is 0 Å². The molecule has 0 aliphatic carbocycles. The first-order valence-corrected chi connectivity index (χ1v) is 4.99. The fraction of sp³-hybridized carbons (Fsp3) is 0.545. The van der Waals surface area contributed by atoms with E-state index in [1.807, 2.05) is 6.20 Å². The van der Waals surface area contributed by atoms with Gasteiger partial charge in [-0.05, 0) is 49.9 Å². The van der Waals surface area contributed by atoms with Crippen LogP contribution in [0.3, 0.4) is 0 Å². The van der Waals surface area contributed by atoms with Gasteiger partial charge in [-0.15, -0.1) is 24.8 Å². The van der Waals surface area contributed by atoms with E-state index in [1.165, 1.54) is 24.9 Å². The van der Waals surface area contributed by atoms with E-state index in [0.29, 0.717) is 5.92 Å². The van der Waals surface area contributed by atoms with Gasteiger partial charge in [-0.25, -0.2) is 0 Å². The molecule has 1 atom stereocenters. The molecule has 0 aromatic carbocycles. The van der Waals surface area contributed by atoms with Gasteiger partial charge in [0.1, 0.15) is 0 Å². The van der Waals surface area contributed by atoms with Crippen LogP contribution in [0.1, 0.15) is 30.0 Å². The van der Waals surface area contributed by atoms with E-state index in [1.54, 1.807) is 0 Å². The molecule has 2 rings (SSSR count). The molecule has 1 fully saturated rings. The lowest BCUT2D eigenvalue weighted by atomic mass is 9.92. The second kappa shape index (κ2) is 7.04. The minimum atomic E-state index is 0. The van der Waals surface area contributed by atoms with Gasteiger partial charge in [0, 0.05) is 18.4 Å². The largest absolute Gasteiger partial charge is 0.316 e. The molecule has 1 aromatic heterocycles. The van der Waals surface area contributed by atoms with Crippen molar-refractivity contribution in [2.24, 2.45) is 0 Å². The van der Waals surface area contributed by atoms with Crippen LogP contribution in [-0.4, -0.2) is 18.1 Å². The summed E-state index contributed by atoms with van der Waals surface area (Å²) >= 11 is 0. The van der Waals surface area contributed by atoms with Gasteiger partial charge in [0.2, 0.25) is 0 Å². The maximum atomic E-state index is 4.21. The van der Waals surface area contributed by atoms with Gasteiger partial charge < -0.3 is 5.32 Å². The van der Waals surface area contributed by atoms with E-state index in [9.17, 15) is 0 Å². The number of nitrogens with zero attached hydrogens (tertiary/aromatic N) is 1. The summed E-state index contributed by atoms with van der Waals surface area (Å²) in [6.45, 7) is 4.36. The molecular formula is C11H18Cl2N2. The fourth-order valence-corrected chi connectivity index (χ4v) is 1.96. The maximum absolute atomic E-state index is 4.21. The standard InChI is InChI=1S/C11H16N2.2ClH/c1-9-7-10(4-6-13-9)11-3-2-5-12-8-11;;/h4,6-7,11-12H,2-3,5,8H2,1H3;2*1H. The summed E-state index contributed by atoms with van der Waals surface area (Å²) in [6.07, 6.45) is 4.53. The molecule has 15 heavy (non-hydrogen) atoms. The van der Waals surface area contributed by atoms with Crippen LogP contribution < -0.4 is 5.32 Å². The van der Waals surface area contributed by atoms with Gasteiger partial charge in [0.15, 0.2) is 0 Å². The predicted molar refractivity (Wildman–Crippen MR) is 68.3 cm³/mol. The first-order valence-electron chi connectivity index (χ1n) is 4.99. The highest BCUT2D eigenvalue weighted by Gasteiger charge is 2.14. The molecule has 0 radical (unpaired) electrons. The van der Waals surface area contributed by atoms with E-state index in [0.717, 1.165) is 12.2 Å². The van der Waals surface area contributed by atoms with Crippen molar-refractivity contribution in [2.75, 3.05) is 13.1 Å². The zero-order chi connectivity index (χ0) is 9.10. The van der Waals surface area contributed by atoms with E-state index >= 15 is 0 Å². The Bertz CT molecular complexity index is 286. The van der Waals surface area contributed by atoms with E-state index in [4.69, 9.17) is 0 Å². The summed E-state index contributed by atoms with van der Waals surface area (Å²) in [5.74, 6) is 0.704. The number of aryl methyl sites for hydroxylation is 1. The van der Waals surface area contributed by atoms with Gasteiger partial charge >= 0.3 is 0 Å². The fourth-order valence-electron chi connectivity index (χ4n) is 1.96. The average Bonchev–Trinajstić information content (AvgIpc) is 2.19. The number of hydrogen-bond acceptors (Lipinski definition) is 2. The first-order chi connectivity index (χ1) is 6.36. The lowest BCUT2D eigenvalue weighted by Crippen LogP contribution is -2.28. The Morgan fingerprint density at radius 3 is 2.80 bits per heavy atom. The first kappa shape index (κ1) is 14.7. The minimum Gasteiger partial charge on any atom is -0.316 e. The molecular weight excluding hydrogens is 231 g/mol. The molecule has 2 nitrogen and oxygen atoms in total. The van der Waals surface area contributed by atoms with Gasteiger partial charge in [-0.1, -0.05) is 0 Å². The second-order valence-electron chi connectivity index (χ2n) is 3.77. The van der Waals surface area contributed by atoms with E-state index < -0.39 is 0 Å². The third kappa shape index (κ3) is 3.98. The molecule has 1 aliphatic heterocycles. The Balaban J connectivity index is 0.000000980. The summed E-state index contributed by atoms with van der Waals surface area (Å²) in [7, 11) is 0. The highest BCUT2D eigenvalue weighted by atomic mass is 35.5. The number of pyridine rings is 1. The lowest BCUT2D eigenvalue weighted by Gasteiger charge is -2.23. The number of hydrogen-bond donors (Lipinski definition) is 1. The lowest BCUT2D eigenvalue weighted by molar-refractivity contribution is 0.461. The van der Waals surface area contributed by atoms with Crippen LogP contribution >= 0.6 is 24.8 Å². The molecule has 1 saturated heterocycles. The van der Waals surface area contributed by atoms with Crippen molar-refractivity contribution in [1.82, 2.24) is 10.3 Å². The van der Waals surface area contributed by atoms with Gasteiger partial charge in [-0.2, -0.15) is 0 Å². The third-order valence-corrected chi connectivity index (χ3v) is 2.69. The topological polar surface area (TPSA) is 24.9 Å². The molecule has 1 aliphatic rings. The van der Waals surface area contributed by atoms with Crippen molar-refractivity contribution in [1.29, 1.82) is 0 Å². The van der Waals surface area contributed by atoms with Crippen LogP contribution in [-0.2, 0) is 0 Å². The number of nitrogens with one attached hydrogen (secondary N) is 1. The molecule has 0 amide bonds. The molecule has 0 saturated carbocycles. The van der Waals surface area contributed by atoms with Crippen LogP contribution in [0, 0.1) is 6.92 Å².